The van der Waals surface area contributed by atoms with E-state index in [9.17, 15) is 14.9 Å². The topological polar surface area (TPSA) is 81.4 Å². The fraction of sp³-hybridized carbons (Fsp3) is 0.258. The average molecular weight is 583 g/mol. The number of benzene rings is 3. The van der Waals surface area contributed by atoms with E-state index >= 15 is 8.78 Å². The molecule has 5 nitrogen and oxygen atoms in total. The van der Waals surface area contributed by atoms with Crippen molar-refractivity contribution in [3.63, 3.8) is 0 Å². The molecule has 1 N–H and O–H groups in total. The molecule has 4 rings (SSSR count). The number of carbonyl (C=O) groups is 2. The van der Waals surface area contributed by atoms with Crippen LogP contribution in [-0.2, 0) is 16.6 Å². The van der Waals surface area contributed by atoms with Crippen LogP contribution in [-0.4, -0.2) is 28.4 Å². The molecule has 3 aromatic carbocycles. The molecule has 0 saturated carbocycles. The molecule has 9 heteroatoms. The van der Waals surface area contributed by atoms with Gasteiger partial charge in [0.05, 0.1) is 22.7 Å². The van der Waals surface area contributed by atoms with Gasteiger partial charge in [0.2, 0.25) is 5.91 Å². The number of carboxylic acids is 1. The normalized spacial score (nSPS) is 20.2. The van der Waals surface area contributed by atoms with Crippen LogP contribution in [0.5, 0.6) is 0 Å². The highest BCUT2D eigenvalue weighted by molar-refractivity contribution is 6.31. The number of carboxylic acid groups (broad SMARTS) is 1. The predicted molar refractivity (Wildman–Crippen MR) is 149 cm³/mol. The number of carbonyl (C=O) groups excluding carboxylic acids is 1. The van der Waals surface area contributed by atoms with Crippen LogP contribution in [0.3, 0.4) is 0 Å². The first-order valence-electron chi connectivity index (χ1n) is 12.6. The van der Waals surface area contributed by atoms with Crippen LogP contribution in [0.1, 0.15) is 52.9 Å². The van der Waals surface area contributed by atoms with Gasteiger partial charge in [-0.3, -0.25) is 4.79 Å². The number of aromatic carboxylic acids is 1. The summed E-state index contributed by atoms with van der Waals surface area (Å²) in [6, 6.07) is 15.6. The predicted octanol–water partition coefficient (Wildman–Crippen LogP) is 7.53. The van der Waals surface area contributed by atoms with Gasteiger partial charge in [-0.1, -0.05) is 59.1 Å². The summed E-state index contributed by atoms with van der Waals surface area (Å²) in [6.07, 6.45) is 0.560. The molecule has 0 radical (unpaired) electrons. The quantitative estimate of drug-likeness (QED) is 0.278. The Bertz CT molecular complexity index is 1520. The maximum Gasteiger partial charge on any atom is 0.335 e. The van der Waals surface area contributed by atoms with E-state index in [2.05, 4.69) is 12.6 Å². The summed E-state index contributed by atoms with van der Waals surface area (Å²) in [7, 11) is 0. The second kappa shape index (κ2) is 11.8. The summed E-state index contributed by atoms with van der Waals surface area (Å²) in [5.74, 6) is -3.57. The third-order valence-corrected chi connectivity index (χ3v) is 7.91. The van der Waals surface area contributed by atoms with Gasteiger partial charge in [0.25, 0.3) is 0 Å². The Balaban J connectivity index is 1.83. The zero-order valence-electron chi connectivity index (χ0n) is 21.6. The van der Waals surface area contributed by atoms with Crippen molar-refractivity contribution in [2.75, 3.05) is 6.54 Å². The Labute approximate surface area is 241 Å². The van der Waals surface area contributed by atoms with Crippen LogP contribution in [0.25, 0.3) is 0 Å². The van der Waals surface area contributed by atoms with E-state index in [1.807, 2.05) is 0 Å². The van der Waals surface area contributed by atoms with Gasteiger partial charge in [0, 0.05) is 35.0 Å². The van der Waals surface area contributed by atoms with Gasteiger partial charge in [0.15, 0.2) is 0 Å². The van der Waals surface area contributed by atoms with Crippen LogP contribution >= 0.6 is 23.2 Å². The first-order valence-corrected chi connectivity index (χ1v) is 13.3. The third-order valence-electron chi connectivity index (χ3n) is 7.39. The van der Waals surface area contributed by atoms with Crippen molar-refractivity contribution in [2.24, 2.45) is 5.92 Å². The van der Waals surface area contributed by atoms with Gasteiger partial charge >= 0.3 is 5.97 Å². The number of aryl methyl sites for hydroxylation is 1. The number of likely N-dealkylation sites (tertiary alicyclic amines) is 1. The molecule has 1 saturated heterocycles. The molecule has 206 valence electrons. The second-order valence-corrected chi connectivity index (χ2v) is 10.9. The summed E-state index contributed by atoms with van der Waals surface area (Å²) >= 11 is 12.2. The minimum atomic E-state index is -1.68. The first kappa shape index (κ1) is 29.3. The largest absolute Gasteiger partial charge is 0.478 e. The fourth-order valence-corrected chi connectivity index (χ4v) is 5.95. The lowest BCUT2D eigenvalue weighted by Crippen LogP contribution is -2.40. The highest BCUT2D eigenvalue weighted by Crippen LogP contribution is 2.55. The van der Waals surface area contributed by atoms with Crippen LogP contribution < -0.4 is 0 Å². The van der Waals surface area contributed by atoms with Crippen LogP contribution in [0.2, 0.25) is 10.0 Å². The zero-order valence-corrected chi connectivity index (χ0v) is 23.1. The maximum atomic E-state index is 15.6. The fourth-order valence-electron chi connectivity index (χ4n) is 5.61. The minimum Gasteiger partial charge on any atom is -0.478 e. The number of rotatable bonds is 8. The monoisotopic (exact) mass is 582 g/mol. The lowest BCUT2D eigenvalue weighted by atomic mass is 9.65. The van der Waals surface area contributed by atoms with E-state index in [0.29, 0.717) is 0 Å². The summed E-state index contributed by atoms with van der Waals surface area (Å²) in [5.41, 5.74) is -0.0920. The SMILES string of the molecule is C=C(C)C[C@@H]1CN(C(=O)CCc2ccc(C(=O)O)cc2)[C@H](c2cccc(Cl)c2F)[C@@]1(C#N)c1ccc(Cl)cc1F. The molecule has 3 atom stereocenters. The zero-order chi connectivity index (χ0) is 29.2. The van der Waals surface area contributed by atoms with Crippen LogP contribution in [0, 0.1) is 28.9 Å². The van der Waals surface area contributed by atoms with Gasteiger partial charge in [-0.2, -0.15) is 5.26 Å². The Morgan fingerprint density at radius 3 is 2.45 bits per heavy atom. The highest BCUT2D eigenvalue weighted by Gasteiger charge is 2.59. The number of nitriles is 1. The van der Waals surface area contributed by atoms with Gasteiger partial charge in [-0.25, -0.2) is 13.6 Å². The van der Waals surface area contributed by atoms with Gasteiger partial charge < -0.3 is 10.0 Å². The summed E-state index contributed by atoms with van der Waals surface area (Å²) in [4.78, 5) is 26.4. The number of hydrogen-bond acceptors (Lipinski definition) is 3. The Morgan fingerprint density at radius 1 is 1.15 bits per heavy atom. The molecule has 1 aliphatic rings. The molecular formula is C31H26Cl2F2N2O3. The Morgan fingerprint density at radius 2 is 1.85 bits per heavy atom. The number of hydrogen-bond donors (Lipinski definition) is 1. The van der Waals surface area contributed by atoms with Crippen molar-refractivity contribution < 1.29 is 23.5 Å². The van der Waals surface area contributed by atoms with Crippen LogP contribution in [0.15, 0.2) is 72.8 Å². The number of allylic oxidation sites excluding steroid dienone is 1. The molecular weight excluding hydrogens is 557 g/mol. The smallest absolute Gasteiger partial charge is 0.335 e. The van der Waals surface area contributed by atoms with E-state index < -0.39 is 35.0 Å². The number of halogens is 4. The lowest BCUT2D eigenvalue weighted by Gasteiger charge is -2.36. The minimum absolute atomic E-state index is 0.00446. The standard InChI is InChI=1S/C31H26Cl2F2N2O3/c1-18(2)14-21-16-37(27(38)13-8-19-6-9-20(10-7-19)30(39)40)29(23-4-3-5-25(33)28(23)35)31(21,17-36)24-12-11-22(32)15-26(24)34/h3-7,9-12,15,21,29H,1,8,13-14,16H2,2H3,(H,39,40)/t21-,29-,31-/m1/s1. The lowest BCUT2D eigenvalue weighted by molar-refractivity contribution is -0.132. The highest BCUT2D eigenvalue weighted by atomic mass is 35.5. The molecule has 0 bridgehead atoms. The molecule has 1 heterocycles. The Hall–Kier alpha value is -3.73. The molecule has 40 heavy (non-hydrogen) atoms. The molecule has 1 amide bonds. The molecule has 0 spiro atoms. The van der Waals surface area contributed by atoms with E-state index in [0.717, 1.165) is 17.2 Å². The molecule has 0 aliphatic carbocycles. The van der Waals surface area contributed by atoms with Crippen molar-refractivity contribution in [1.82, 2.24) is 4.90 Å². The molecule has 0 unspecified atom stereocenters. The van der Waals surface area contributed by atoms with Crippen LogP contribution in [0.4, 0.5) is 8.78 Å². The van der Waals surface area contributed by atoms with Gasteiger partial charge in [-0.15, -0.1) is 6.58 Å². The molecule has 1 aliphatic heterocycles. The average Bonchev–Trinajstić information content (AvgIpc) is 3.22. The van der Waals surface area contributed by atoms with E-state index in [1.165, 1.54) is 47.4 Å². The summed E-state index contributed by atoms with van der Waals surface area (Å²) in [5, 5.41) is 19.9. The molecule has 3 aromatic rings. The van der Waals surface area contributed by atoms with Crippen molar-refractivity contribution in [1.29, 1.82) is 5.26 Å². The number of amides is 1. The second-order valence-electron chi connectivity index (χ2n) is 10.1. The van der Waals surface area contributed by atoms with Gasteiger partial charge in [-0.05, 0) is 55.7 Å². The van der Waals surface area contributed by atoms with E-state index in [1.54, 1.807) is 19.1 Å². The van der Waals surface area contributed by atoms with E-state index in [-0.39, 0.29) is 58.5 Å². The maximum absolute atomic E-state index is 15.6. The summed E-state index contributed by atoms with van der Waals surface area (Å²) < 4.78 is 31.2. The van der Waals surface area contributed by atoms with Gasteiger partial charge in [0.1, 0.15) is 17.0 Å². The van der Waals surface area contributed by atoms with Crippen molar-refractivity contribution in [2.45, 2.75) is 37.6 Å². The van der Waals surface area contributed by atoms with Crippen molar-refractivity contribution in [3.8, 4) is 6.07 Å². The third kappa shape index (κ3) is 5.47. The van der Waals surface area contributed by atoms with Crippen molar-refractivity contribution in [3.05, 3.63) is 117 Å². The molecule has 1 fully saturated rings. The summed E-state index contributed by atoms with van der Waals surface area (Å²) in [6.45, 7) is 5.81. The van der Waals surface area contributed by atoms with Crippen molar-refractivity contribution >= 4 is 35.1 Å². The Kier molecular flexibility index (Phi) is 8.62. The molecule has 0 aromatic heterocycles. The first-order chi connectivity index (χ1) is 19.0. The van der Waals surface area contributed by atoms with E-state index in [4.69, 9.17) is 28.3 Å². The number of nitrogens with zero attached hydrogens (tertiary/aromatic N) is 2.